The molecule has 1 fully saturated rings. The SMILES string of the molecule is C=CC[C@@]1(C)CC(c2cccc(Cl)c2)C(c2ccc(Cl)cc2)N(C(CC)CC=O)C1=O. The number of hydrogen-bond acceptors (Lipinski definition) is 2. The number of rotatable bonds is 8. The number of carbonyl (C=O) groups is 2. The molecule has 3 nitrogen and oxygen atoms in total. The third-order valence-electron chi connectivity index (χ3n) is 6.42. The molecule has 5 heteroatoms. The van der Waals surface area contributed by atoms with Crippen LogP contribution in [0.1, 0.15) is 62.6 Å². The molecule has 31 heavy (non-hydrogen) atoms. The molecule has 0 bridgehead atoms. The van der Waals surface area contributed by atoms with Crippen LogP contribution in [0.25, 0.3) is 0 Å². The van der Waals surface area contributed by atoms with Gasteiger partial charge in [0, 0.05) is 28.4 Å². The van der Waals surface area contributed by atoms with E-state index in [9.17, 15) is 9.59 Å². The first-order valence-electron chi connectivity index (χ1n) is 10.7. The number of benzene rings is 2. The average molecular weight is 458 g/mol. The van der Waals surface area contributed by atoms with Crippen LogP contribution in [0.2, 0.25) is 10.0 Å². The number of piperidine rings is 1. The van der Waals surface area contributed by atoms with Gasteiger partial charge in [0.15, 0.2) is 0 Å². The molecule has 3 unspecified atom stereocenters. The fourth-order valence-electron chi connectivity index (χ4n) is 4.88. The molecule has 4 atom stereocenters. The quantitative estimate of drug-likeness (QED) is 0.316. The predicted molar refractivity (Wildman–Crippen MR) is 128 cm³/mol. The van der Waals surface area contributed by atoms with Crippen LogP contribution in [0.5, 0.6) is 0 Å². The fraction of sp³-hybridized carbons (Fsp3) is 0.385. The van der Waals surface area contributed by atoms with E-state index in [1.807, 2.05) is 67.3 Å². The van der Waals surface area contributed by atoms with Gasteiger partial charge in [-0.15, -0.1) is 6.58 Å². The van der Waals surface area contributed by atoms with E-state index in [0.717, 1.165) is 17.4 Å². The Balaban J connectivity index is 2.23. The van der Waals surface area contributed by atoms with Crippen molar-refractivity contribution < 1.29 is 9.59 Å². The fourth-order valence-corrected chi connectivity index (χ4v) is 5.20. The molecule has 1 heterocycles. The smallest absolute Gasteiger partial charge is 0.229 e. The Hall–Kier alpha value is -2.10. The van der Waals surface area contributed by atoms with Crippen LogP contribution in [0.4, 0.5) is 0 Å². The molecule has 1 aliphatic rings. The Morgan fingerprint density at radius 3 is 2.45 bits per heavy atom. The van der Waals surface area contributed by atoms with Gasteiger partial charge in [-0.25, -0.2) is 0 Å². The van der Waals surface area contributed by atoms with Gasteiger partial charge in [-0.1, -0.05) is 67.4 Å². The number of aldehydes is 1. The Morgan fingerprint density at radius 2 is 1.87 bits per heavy atom. The van der Waals surface area contributed by atoms with Crippen molar-refractivity contribution in [1.82, 2.24) is 4.90 Å². The first-order chi connectivity index (χ1) is 14.8. The zero-order chi connectivity index (χ0) is 22.6. The monoisotopic (exact) mass is 457 g/mol. The van der Waals surface area contributed by atoms with Gasteiger partial charge in [0.1, 0.15) is 6.29 Å². The zero-order valence-electron chi connectivity index (χ0n) is 18.1. The number of allylic oxidation sites excluding steroid dienone is 1. The second-order valence-electron chi connectivity index (χ2n) is 8.59. The van der Waals surface area contributed by atoms with E-state index in [0.29, 0.717) is 35.7 Å². The normalized spacial score (nSPS) is 24.6. The summed E-state index contributed by atoms with van der Waals surface area (Å²) in [5.41, 5.74) is 1.49. The Labute approximate surface area is 195 Å². The largest absolute Gasteiger partial charge is 0.331 e. The van der Waals surface area contributed by atoms with Gasteiger partial charge in [0.2, 0.25) is 5.91 Å². The number of hydrogen-bond donors (Lipinski definition) is 0. The third kappa shape index (κ3) is 4.88. The summed E-state index contributed by atoms with van der Waals surface area (Å²) in [7, 11) is 0. The summed E-state index contributed by atoms with van der Waals surface area (Å²) in [6, 6.07) is 15.1. The molecule has 0 radical (unpaired) electrons. The molecule has 1 saturated heterocycles. The first-order valence-corrected chi connectivity index (χ1v) is 11.5. The Bertz CT molecular complexity index is 943. The lowest BCUT2D eigenvalue weighted by molar-refractivity contribution is -0.154. The molecule has 164 valence electrons. The summed E-state index contributed by atoms with van der Waals surface area (Å²) in [4.78, 5) is 27.4. The van der Waals surface area contributed by atoms with Crippen molar-refractivity contribution in [3.63, 3.8) is 0 Å². The van der Waals surface area contributed by atoms with Crippen LogP contribution in [0.15, 0.2) is 61.2 Å². The van der Waals surface area contributed by atoms with Gasteiger partial charge in [-0.05, 0) is 54.7 Å². The van der Waals surface area contributed by atoms with Crippen molar-refractivity contribution in [2.45, 2.75) is 57.5 Å². The van der Waals surface area contributed by atoms with Crippen molar-refractivity contribution in [2.75, 3.05) is 0 Å². The Kier molecular flexibility index (Phi) is 7.61. The summed E-state index contributed by atoms with van der Waals surface area (Å²) in [5.74, 6) is 0.0857. The number of halogens is 2. The van der Waals surface area contributed by atoms with E-state index in [1.165, 1.54) is 0 Å². The standard InChI is InChI=1S/C26H29Cl2NO2/c1-4-14-26(3)17-23(19-7-6-8-21(28)16-19)24(18-9-11-20(27)12-10-18)29(25(26)31)22(5-2)13-15-30/h4,6-12,15-16,22-24H,1,5,13-14,17H2,2-3H3/t22?,23?,24?,26-/m0/s1. The topological polar surface area (TPSA) is 37.4 Å². The number of likely N-dealkylation sites (tertiary alicyclic amines) is 1. The molecule has 1 aliphatic heterocycles. The second kappa shape index (κ2) is 10.0. The van der Waals surface area contributed by atoms with Crippen LogP contribution >= 0.6 is 23.2 Å². The van der Waals surface area contributed by atoms with Gasteiger partial charge in [0.05, 0.1) is 11.5 Å². The highest BCUT2D eigenvalue weighted by molar-refractivity contribution is 6.30. The molecule has 0 N–H and O–H groups in total. The minimum absolute atomic E-state index is 0.0169. The van der Waals surface area contributed by atoms with Crippen LogP contribution in [0.3, 0.4) is 0 Å². The molecule has 0 saturated carbocycles. The molecular formula is C26H29Cl2NO2. The molecule has 1 amide bonds. The maximum atomic E-state index is 13.9. The van der Waals surface area contributed by atoms with Crippen molar-refractivity contribution in [2.24, 2.45) is 5.41 Å². The maximum absolute atomic E-state index is 13.9. The first kappa shape index (κ1) is 23.6. The summed E-state index contributed by atoms with van der Waals surface area (Å²) in [6.45, 7) is 7.93. The third-order valence-corrected chi connectivity index (χ3v) is 6.91. The lowest BCUT2D eigenvalue weighted by Gasteiger charge is -2.52. The van der Waals surface area contributed by atoms with Crippen LogP contribution in [-0.4, -0.2) is 23.1 Å². The minimum atomic E-state index is -0.603. The van der Waals surface area contributed by atoms with E-state index in [4.69, 9.17) is 23.2 Å². The van der Waals surface area contributed by atoms with Crippen LogP contribution in [0, 0.1) is 5.41 Å². The van der Waals surface area contributed by atoms with Gasteiger partial charge >= 0.3 is 0 Å². The summed E-state index contributed by atoms with van der Waals surface area (Å²) < 4.78 is 0. The van der Waals surface area contributed by atoms with Gasteiger partial charge in [-0.3, -0.25) is 4.79 Å². The van der Waals surface area contributed by atoms with E-state index in [-0.39, 0.29) is 23.9 Å². The summed E-state index contributed by atoms with van der Waals surface area (Å²) in [6.07, 6.45) is 4.96. The van der Waals surface area contributed by atoms with Crippen molar-refractivity contribution in [3.05, 3.63) is 82.4 Å². The van der Waals surface area contributed by atoms with E-state index in [1.54, 1.807) is 0 Å². The molecular weight excluding hydrogens is 429 g/mol. The molecule has 0 aliphatic carbocycles. The highest BCUT2D eigenvalue weighted by Gasteiger charge is 2.50. The second-order valence-corrected chi connectivity index (χ2v) is 9.47. The van der Waals surface area contributed by atoms with E-state index >= 15 is 0 Å². The maximum Gasteiger partial charge on any atom is 0.229 e. The van der Waals surface area contributed by atoms with Gasteiger partial charge in [-0.2, -0.15) is 0 Å². The minimum Gasteiger partial charge on any atom is -0.331 e. The lowest BCUT2D eigenvalue weighted by Crippen LogP contribution is -2.55. The highest BCUT2D eigenvalue weighted by Crippen LogP contribution is 2.52. The van der Waals surface area contributed by atoms with Crippen LogP contribution < -0.4 is 0 Å². The van der Waals surface area contributed by atoms with Crippen molar-refractivity contribution in [3.8, 4) is 0 Å². The number of nitrogens with zero attached hydrogens (tertiary/aromatic N) is 1. The predicted octanol–water partition coefficient (Wildman–Crippen LogP) is 7.00. The van der Waals surface area contributed by atoms with E-state index in [2.05, 4.69) is 12.6 Å². The zero-order valence-corrected chi connectivity index (χ0v) is 19.6. The molecule has 2 aromatic rings. The molecule has 3 rings (SSSR count). The van der Waals surface area contributed by atoms with E-state index < -0.39 is 5.41 Å². The van der Waals surface area contributed by atoms with Crippen molar-refractivity contribution in [1.29, 1.82) is 0 Å². The number of amides is 1. The molecule has 0 spiro atoms. The highest BCUT2D eigenvalue weighted by atomic mass is 35.5. The molecule has 0 aromatic heterocycles. The molecule has 2 aromatic carbocycles. The lowest BCUT2D eigenvalue weighted by atomic mass is 9.67. The van der Waals surface area contributed by atoms with Gasteiger partial charge in [0.25, 0.3) is 0 Å². The Morgan fingerprint density at radius 1 is 1.16 bits per heavy atom. The summed E-state index contributed by atoms with van der Waals surface area (Å²) >= 11 is 12.5. The number of carbonyl (C=O) groups excluding carboxylic acids is 2. The van der Waals surface area contributed by atoms with Gasteiger partial charge < -0.3 is 9.69 Å². The van der Waals surface area contributed by atoms with Crippen LogP contribution in [-0.2, 0) is 9.59 Å². The van der Waals surface area contributed by atoms with Crippen molar-refractivity contribution >= 4 is 35.4 Å². The average Bonchev–Trinajstić information content (AvgIpc) is 2.75. The summed E-state index contributed by atoms with van der Waals surface area (Å²) in [5, 5.41) is 1.31.